The Hall–Kier alpha value is -1.32. The highest BCUT2D eigenvalue weighted by Crippen LogP contribution is 2.32. The summed E-state index contributed by atoms with van der Waals surface area (Å²) >= 11 is 12.0. The zero-order valence-electron chi connectivity index (χ0n) is 8.54. The van der Waals surface area contributed by atoms with Gasteiger partial charge in [0.05, 0.1) is 15.7 Å². The molecule has 0 spiro atoms. The van der Waals surface area contributed by atoms with Crippen LogP contribution in [0.2, 0.25) is 10.0 Å². The lowest BCUT2D eigenvalue weighted by Crippen LogP contribution is -1.98. The van der Waals surface area contributed by atoms with Crippen LogP contribution in [0.1, 0.15) is 5.69 Å². The van der Waals surface area contributed by atoms with E-state index in [0.717, 1.165) is 11.3 Å². The van der Waals surface area contributed by atoms with E-state index in [1.54, 1.807) is 6.07 Å². The molecule has 82 valence electrons. The first-order valence-corrected chi connectivity index (χ1v) is 5.39. The summed E-state index contributed by atoms with van der Waals surface area (Å²) < 4.78 is 0. The van der Waals surface area contributed by atoms with E-state index in [-0.39, 0.29) is 5.95 Å². The standard InChI is InChI=1S/C11H9Cl2N3/c1-6-5-9(16-11(14)15-6)7-3-2-4-8(12)10(7)13/h2-5H,1H3,(H2,14,15,16). The summed E-state index contributed by atoms with van der Waals surface area (Å²) in [6.45, 7) is 1.85. The van der Waals surface area contributed by atoms with E-state index in [2.05, 4.69) is 9.97 Å². The highest BCUT2D eigenvalue weighted by Gasteiger charge is 2.09. The van der Waals surface area contributed by atoms with Crippen LogP contribution < -0.4 is 5.73 Å². The summed E-state index contributed by atoms with van der Waals surface area (Å²) in [6, 6.07) is 7.20. The summed E-state index contributed by atoms with van der Waals surface area (Å²) in [5.41, 5.74) is 7.81. The average molecular weight is 254 g/mol. The third kappa shape index (κ3) is 2.10. The van der Waals surface area contributed by atoms with Crippen molar-refractivity contribution >= 4 is 29.2 Å². The minimum atomic E-state index is 0.228. The van der Waals surface area contributed by atoms with Gasteiger partial charge in [0.2, 0.25) is 5.95 Å². The largest absolute Gasteiger partial charge is 0.368 e. The van der Waals surface area contributed by atoms with Gasteiger partial charge in [-0.15, -0.1) is 0 Å². The number of benzene rings is 1. The van der Waals surface area contributed by atoms with Crippen molar-refractivity contribution in [2.24, 2.45) is 0 Å². The van der Waals surface area contributed by atoms with Crippen LogP contribution in [0.25, 0.3) is 11.3 Å². The average Bonchev–Trinajstić information content (AvgIpc) is 2.20. The van der Waals surface area contributed by atoms with E-state index in [0.29, 0.717) is 15.7 Å². The number of hydrogen-bond acceptors (Lipinski definition) is 3. The first-order chi connectivity index (χ1) is 7.58. The van der Waals surface area contributed by atoms with Gasteiger partial charge >= 0.3 is 0 Å². The van der Waals surface area contributed by atoms with Crippen LogP contribution in [0.3, 0.4) is 0 Å². The molecular weight excluding hydrogens is 245 g/mol. The van der Waals surface area contributed by atoms with E-state index < -0.39 is 0 Å². The van der Waals surface area contributed by atoms with E-state index in [1.165, 1.54) is 0 Å². The molecule has 0 saturated carbocycles. The van der Waals surface area contributed by atoms with Crippen molar-refractivity contribution in [2.45, 2.75) is 6.92 Å². The Kier molecular flexibility index (Phi) is 2.99. The number of nitrogens with two attached hydrogens (primary N) is 1. The first-order valence-electron chi connectivity index (χ1n) is 4.63. The fourth-order valence-electron chi connectivity index (χ4n) is 1.43. The van der Waals surface area contributed by atoms with Gasteiger partial charge in [0, 0.05) is 11.3 Å². The topological polar surface area (TPSA) is 51.8 Å². The van der Waals surface area contributed by atoms with Crippen molar-refractivity contribution in [3.63, 3.8) is 0 Å². The third-order valence-corrected chi connectivity index (χ3v) is 2.92. The Labute approximate surface area is 103 Å². The second-order valence-electron chi connectivity index (χ2n) is 3.35. The Morgan fingerprint density at radius 1 is 1.19 bits per heavy atom. The lowest BCUT2D eigenvalue weighted by molar-refractivity contribution is 1.12. The smallest absolute Gasteiger partial charge is 0.220 e. The third-order valence-electron chi connectivity index (χ3n) is 2.10. The maximum atomic E-state index is 6.10. The van der Waals surface area contributed by atoms with Gasteiger partial charge < -0.3 is 5.73 Å². The van der Waals surface area contributed by atoms with E-state index >= 15 is 0 Å². The molecule has 2 N–H and O–H groups in total. The molecule has 0 aliphatic heterocycles. The van der Waals surface area contributed by atoms with Gasteiger partial charge in [-0.3, -0.25) is 0 Å². The fourth-order valence-corrected chi connectivity index (χ4v) is 1.83. The Bertz CT molecular complexity index is 520. The molecule has 0 unspecified atom stereocenters. The molecule has 3 nitrogen and oxygen atoms in total. The van der Waals surface area contributed by atoms with Crippen LogP contribution in [0.4, 0.5) is 5.95 Å². The van der Waals surface area contributed by atoms with E-state index in [9.17, 15) is 0 Å². The number of nitrogens with zero attached hydrogens (tertiary/aromatic N) is 2. The van der Waals surface area contributed by atoms with Crippen molar-refractivity contribution in [3.8, 4) is 11.3 Å². The highest BCUT2D eigenvalue weighted by molar-refractivity contribution is 6.43. The lowest BCUT2D eigenvalue weighted by atomic mass is 10.1. The number of aromatic nitrogens is 2. The van der Waals surface area contributed by atoms with Gasteiger partial charge in [0.25, 0.3) is 0 Å². The van der Waals surface area contributed by atoms with Gasteiger partial charge in [-0.2, -0.15) is 0 Å². The molecule has 1 heterocycles. The van der Waals surface area contributed by atoms with E-state index in [1.807, 2.05) is 25.1 Å². The lowest BCUT2D eigenvalue weighted by Gasteiger charge is -2.06. The Balaban J connectivity index is 2.63. The van der Waals surface area contributed by atoms with Crippen LogP contribution in [-0.4, -0.2) is 9.97 Å². The number of rotatable bonds is 1. The van der Waals surface area contributed by atoms with Crippen LogP contribution in [0.15, 0.2) is 24.3 Å². The Morgan fingerprint density at radius 3 is 2.62 bits per heavy atom. The van der Waals surface area contributed by atoms with Gasteiger partial charge in [-0.05, 0) is 19.1 Å². The molecular formula is C11H9Cl2N3. The molecule has 2 rings (SSSR count). The quantitative estimate of drug-likeness (QED) is 0.849. The minimum Gasteiger partial charge on any atom is -0.368 e. The molecule has 0 fully saturated rings. The molecule has 0 bridgehead atoms. The van der Waals surface area contributed by atoms with Gasteiger partial charge in [-0.1, -0.05) is 35.3 Å². The van der Waals surface area contributed by atoms with Crippen molar-refractivity contribution < 1.29 is 0 Å². The minimum absolute atomic E-state index is 0.228. The number of nitrogen functional groups attached to an aromatic ring is 1. The molecule has 0 amide bonds. The SMILES string of the molecule is Cc1cc(-c2cccc(Cl)c2Cl)nc(N)n1. The van der Waals surface area contributed by atoms with E-state index in [4.69, 9.17) is 28.9 Å². The van der Waals surface area contributed by atoms with Gasteiger partial charge in [0.1, 0.15) is 0 Å². The zero-order valence-corrected chi connectivity index (χ0v) is 10.0. The summed E-state index contributed by atoms with van der Waals surface area (Å²) in [7, 11) is 0. The molecule has 0 radical (unpaired) electrons. The molecule has 1 aromatic heterocycles. The number of aryl methyl sites for hydroxylation is 1. The second-order valence-corrected chi connectivity index (χ2v) is 4.14. The highest BCUT2D eigenvalue weighted by atomic mass is 35.5. The first kappa shape index (κ1) is 11.2. The van der Waals surface area contributed by atoms with Crippen molar-refractivity contribution in [3.05, 3.63) is 40.0 Å². The zero-order chi connectivity index (χ0) is 11.7. The normalized spacial score (nSPS) is 10.4. The number of anilines is 1. The maximum absolute atomic E-state index is 6.10. The monoisotopic (exact) mass is 253 g/mol. The van der Waals surface area contributed by atoms with Gasteiger partial charge in [0.15, 0.2) is 0 Å². The predicted molar refractivity (Wildman–Crippen MR) is 66.6 cm³/mol. The van der Waals surface area contributed by atoms with Crippen molar-refractivity contribution in [1.82, 2.24) is 9.97 Å². The molecule has 0 aliphatic rings. The summed E-state index contributed by atoms with van der Waals surface area (Å²) in [6.07, 6.45) is 0. The number of hydrogen-bond donors (Lipinski definition) is 1. The summed E-state index contributed by atoms with van der Waals surface area (Å²) in [5, 5.41) is 0.968. The maximum Gasteiger partial charge on any atom is 0.220 e. The molecule has 0 aliphatic carbocycles. The molecule has 0 atom stereocenters. The van der Waals surface area contributed by atoms with Gasteiger partial charge in [-0.25, -0.2) is 9.97 Å². The molecule has 5 heteroatoms. The predicted octanol–water partition coefficient (Wildman–Crippen LogP) is 3.34. The molecule has 2 aromatic rings. The van der Waals surface area contributed by atoms with Crippen LogP contribution in [-0.2, 0) is 0 Å². The van der Waals surface area contributed by atoms with Crippen LogP contribution in [0, 0.1) is 6.92 Å². The molecule has 16 heavy (non-hydrogen) atoms. The number of halogens is 2. The van der Waals surface area contributed by atoms with Crippen molar-refractivity contribution in [1.29, 1.82) is 0 Å². The van der Waals surface area contributed by atoms with Crippen LogP contribution in [0.5, 0.6) is 0 Å². The second kappa shape index (κ2) is 4.28. The van der Waals surface area contributed by atoms with Crippen LogP contribution >= 0.6 is 23.2 Å². The summed E-state index contributed by atoms with van der Waals surface area (Å²) in [4.78, 5) is 8.13. The Morgan fingerprint density at radius 2 is 1.94 bits per heavy atom. The fraction of sp³-hybridized carbons (Fsp3) is 0.0909. The van der Waals surface area contributed by atoms with Crippen molar-refractivity contribution in [2.75, 3.05) is 5.73 Å². The molecule has 1 aromatic carbocycles. The summed E-state index contributed by atoms with van der Waals surface area (Å²) in [5.74, 6) is 0.228. The molecule has 0 saturated heterocycles.